The van der Waals surface area contributed by atoms with E-state index in [0.717, 1.165) is 18.1 Å². The summed E-state index contributed by atoms with van der Waals surface area (Å²) in [6.07, 6.45) is 8.06. The third-order valence-electron chi connectivity index (χ3n) is 5.27. The van der Waals surface area contributed by atoms with Crippen LogP contribution in [0.3, 0.4) is 0 Å². The predicted molar refractivity (Wildman–Crippen MR) is 92.2 cm³/mol. The molecule has 21 heavy (non-hydrogen) atoms. The number of hydrogen-bond acceptors (Lipinski definition) is 3. The summed E-state index contributed by atoms with van der Waals surface area (Å²) in [7, 11) is 0. The van der Waals surface area contributed by atoms with Crippen molar-refractivity contribution in [1.82, 2.24) is 10.2 Å². The van der Waals surface area contributed by atoms with Gasteiger partial charge in [0.15, 0.2) is 0 Å². The van der Waals surface area contributed by atoms with Gasteiger partial charge in [0.1, 0.15) is 0 Å². The minimum Gasteiger partial charge on any atom is -0.314 e. The first-order chi connectivity index (χ1) is 10.2. The predicted octanol–water partition coefficient (Wildman–Crippen LogP) is 3.98. The molecule has 1 aromatic heterocycles. The van der Waals surface area contributed by atoms with Crippen LogP contribution in [0.25, 0.3) is 0 Å². The van der Waals surface area contributed by atoms with Gasteiger partial charge in [-0.15, -0.1) is 11.3 Å². The summed E-state index contributed by atoms with van der Waals surface area (Å²) < 4.78 is 0. The summed E-state index contributed by atoms with van der Waals surface area (Å²) in [4.78, 5) is 5.87. The van der Waals surface area contributed by atoms with Crippen molar-refractivity contribution in [2.45, 2.75) is 83.5 Å². The van der Waals surface area contributed by atoms with Crippen molar-refractivity contribution in [3.8, 4) is 0 Å². The van der Waals surface area contributed by atoms with Crippen LogP contribution in [-0.4, -0.2) is 35.6 Å². The van der Waals surface area contributed by atoms with Gasteiger partial charge in [0.25, 0.3) is 0 Å². The zero-order chi connectivity index (χ0) is 14.8. The topological polar surface area (TPSA) is 15.3 Å². The number of rotatable bonds is 6. The van der Waals surface area contributed by atoms with Gasteiger partial charge in [-0.1, -0.05) is 6.92 Å². The molecule has 1 aromatic rings. The fourth-order valence-electron chi connectivity index (χ4n) is 4.44. The third kappa shape index (κ3) is 3.52. The maximum absolute atomic E-state index is 3.76. The molecule has 3 heteroatoms. The van der Waals surface area contributed by atoms with Crippen LogP contribution in [0, 0.1) is 6.92 Å². The van der Waals surface area contributed by atoms with E-state index in [1.807, 2.05) is 11.3 Å². The molecule has 3 atom stereocenters. The lowest BCUT2D eigenvalue weighted by molar-refractivity contribution is 0.0777. The molecular weight excluding hydrogens is 276 g/mol. The van der Waals surface area contributed by atoms with Gasteiger partial charge in [0, 0.05) is 33.9 Å². The molecule has 118 valence electrons. The van der Waals surface area contributed by atoms with Gasteiger partial charge in [0.05, 0.1) is 0 Å². The number of hydrogen-bond donors (Lipinski definition) is 1. The van der Waals surface area contributed by atoms with E-state index in [9.17, 15) is 0 Å². The number of thiophene rings is 1. The van der Waals surface area contributed by atoms with Gasteiger partial charge >= 0.3 is 0 Å². The van der Waals surface area contributed by atoms with Gasteiger partial charge in [-0.05, 0) is 71.0 Å². The number of fused-ring (bicyclic) bond motifs is 2. The van der Waals surface area contributed by atoms with Crippen molar-refractivity contribution < 1.29 is 0 Å². The first-order valence-corrected chi connectivity index (χ1v) is 9.55. The van der Waals surface area contributed by atoms with Crippen LogP contribution in [-0.2, 0) is 6.42 Å². The molecule has 0 amide bonds. The standard InChI is InChI=1S/C18H30N2S/c1-4-9-19-15-11-16-6-7-17(12-15)20(16)13(2)10-18-8-5-14(3)21-18/h5,8,13,15-17,19H,4,6-7,9-12H2,1-3H3. The molecule has 2 aliphatic rings. The van der Waals surface area contributed by atoms with E-state index in [2.05, 4.69) is 43.1 Å². The first kappa shape index (κ1) is 15.5. The number of nitrogens with one attached hydrogen (secondary N) is 1. The van der Waals surface area contributed by atoms with Gasteiger partial charge in [-0.2, -0.15) is 0 Å². The van der Waals surface area contributed by atoms with Crippen LogP contribution in [0.4, 0.5) is 0 Å². The van der Waals surface area contributed by atoms with Crippen molar-refractivity contribution in [2.75, 3.05) is 6.54 Å². The highest BCUT2D eigenvalue weighted by molar-refractivity contribution is 7.11. The average molecular weight is 307 g/mol. The molecule has 3 unspecified atom stereocenters. The summed E-state index contributed by atoms with van der Waals surface area (Å²) in [5, 5.41) is 3.76. The summed E-state index contributed by atoms with van der Waals surface area (Å²) in [5.74, 6) is 0. The SMILES string of the molecule is CCCNC1CC2CCC(C1)N2C(C)Cc1ccc(C)s1. The molecule has 2 saturated heterocycles. The van der Waals surface area contributed by atoms with Crippen LogP contribution in [0.5, 0.6) is 0 Å². The van der Waals surface area contributed by atoms with E-state index in [-0.39, 0.29) is 0 Å². The summed E-state index contributed by atoms with van der Waals surface area (Å²) in [5.41, 5.74) is 0. The molecule has 3 rings (SSSR count). The highest BCUT2D eigenvalue weighted by Crippen LogP contribution is 2.38. The minimum atomic E-state index is 0.702. The fraction of sp³-hybridized carbons (Fsp3) is 0.778. The van der Waals surface area contributed by atoms with E-state index < -0.39 is 0 Å². The fourth-order valence-corrected chi connectivity index (χ4v) is 5.45. The van der Waals surface area contributed by atoms with E-state index >= 15 is 0 Å². The molecule has 3 heterocycles. The van der Waals surface area contributed by atoms with Gasteiger partial charge in [0.2, 0.25) is 0 Å². The summed E-state index contributed by atoms with van der Waals surface area (Å²) in [6.45, 7) is 8.11. The van der Waals surface area contributed by atoms with Crippen molar-refractivity contribution >= 4 is 11.3 Å². The van der Waals surface area contributed by atoms with Crippen LogP contribution >= 0.6 is 11.3 Å². The van der Waals surface area contributed by atoms with Gasteiger partial charge in [-0.25, -0.2) is 0 Å². The lowest BCUT2D eigenvalue weighted by Crippen LogP contribution is -2.52. The lowest BCUT2D eigenvalue weighted by atomic mass is 9.94. The summed E-state index contributed by atoms with van der Waals surface area (Å²) in [6, 6.07) is 7.72. The minimum absolute atomic E-state index is 0.702. The van der Waals surface area contributed by atoms with Gasteiger partial charge < -0.3 is 5.32 Å². The average Bonchev–Trinajstić information content (AvgIpc) is 2.98. The second-order valence-corrected chi connectivity index (χ2v) is 8.39. The Morgan fingerprint density at radius 1 is 1.29 bits per heavy atom. The van der Waals surface area contributed by atoms with E-state index in [4.69, 9.17) is 0 Å². The molecule has 2 nitrogen and oxygen atoms in total. The van der Waals surface area contributed by atoms with Crippen LogP contribution in [0.2, 0.25) is 0 Å². The molecule has 1 N–H and O–H groups in total. The molecular formula is C18H30N2S. The lowest BCUT2D eigenvalue weighted by Gasteiger charge is -2.42. The van der Waals surface area contributed by atoms with Crippen molar-refractivity contribution in [3.63, 3.8) is 0 Å². The highest BCUT2D eigenvalue weighted by atomic mass is 32.1. The Morgan fingerprint density at radius 3 is 2.57 bits per heavy atom. The van der Waals surface area contributed by atoms with Crippen molar-refractivity contribution in [1.29, 1.82) is 0 Å². The molecule has 2 aliphatic heterocycles. The second kappa shape index (κ2) is 6.80. The molecule has 0 aliphatic carbocycles. The quantitative estimate of drug-likeness (QED) is 0.855. The van der Waals surface area contributed by atoms with Gasteiger partial charge in [-0.3, -0.25) is 4.90 Å². The van der Waals surface area contributed by atoms with Crippen LogP contribution in [0.1, 0.15) is 55.7 Å². The van der Waals surface area contributed by atoms with E-state index in [0.29, 0.717) is 6.04 Å². The Kier molecular flexibility index (Phi) is 5.03. The normalized spacial score (nSPS) is 30.7. The number of piperidine rings is 1. The Morgan fingerprint density at radius 2 is 2.00 bits per heavy atom. The smallest absolute Gasteiger partial charge is 0.0121 e. The van der Waals surface area contributed by atoms with E-state index in [1.165, 1.54) is 49.9 Å². The first-order valence-electron chi connectivity index (χ1n) is 8.73. The zero-order valence-electron chi connectivity index (χ0n) is 13.8. The Labute approximate surface area is 133 Å². The Bertz CT molecular complexity index is 442. The molecule has 2 fully saturated rings. The summed E-state index contributed by atoms with van der Waals surface area (Å²) >= 11 is 1.98. The number of aryl methyl sites for hydroxylation is 1. The maximum Gasteiger partial charge on any atom is 0.0121 e. The maximum atomic E-state index is 3.76. The van der Waals surface area contributed by atoms with Crippen LogP contribution in [0.15, 0.2) is 12.1 Å². The Hall–Kier alpha value is -0.380. The molecule has 0 saturated carbocycles. The van der Waals surface area contributed by atoms with E-state index in [1.54, 1.807) is 4.88 Å². The third-order valence-corrected chi connectivity index (χ3v) is 6.30. The zero-order valence-corrected chi connectivity index (χ0v) is 14.6. The molecule has 0 aromatic carbocycles. The van der Waals surface area contributed by atoms with Crippen molar-refractivity contribution in [2.24, 2.45) is 0 Å². The monoisotopic (exact) mass is 306 g/mol. The van der Waals surface area contributed by atoms with Crippen molar-refractivity contribution in [3.05, 3.63) is 21.9 Å². The second-order valence-electron chi connectivity index (χ2n) is 7.02. The highest BCUT2D eigenvalue weighted by Gasteiger charge is 2.42. The Balaban J connectivity index is 1.59. The molecule has 0 spiro atoms. The molecule has 0 radical (unpaired) electrons. The molecule has 2 bridgehead atoms. The largest absolute Gasteiger partial charge is 0.314 e. The van der Waals surface area contributed by atoms with Crippen LogP contribution < -0.4 is 5.32 Å². The number of nitrogens with zero attached hydrogens (tertiary/aromatic N) is 1.